The zero-order chi connectivity index (χ0) is 17.4. The quantitative estimate of drug-likeness (QED) is 0.895. The molecule has 1 aromatic rings. The third-order valence-corrected chi connectivity index (χ3v) is 5.45. The monoisotopic (exact) mass is 339 g/mol. The molecule has 3 aliphatic carbocycles. The Hall–Kier alpha value is -2.10. The van der Waals surface area contributed by atoms with Crippen molar-refractivity contribution in [3.63, 3.8) is 0 Å². The van der Waals surface area contributed by atoms with Gasteiger partial charge >= 0.3 is 5.63 Å². The van der Waals surface area contributed by atoms with Gasteiger partial charge in [0.25, 0.3) is 0 Å². The van der Waals surface area contributed by atoms with Gasteiger partial charge in [0.2, 0.25) is 0 Å². The van der Waals surface area contributed by atoms with Crippen molar-refractivity contribution in [1.29, 1.82) is 0 Å². The number of hydrogen-bond acceptors (Lipinski definition) is 4. The van der Waals surface area contributed by atoms with Crippen LogP contribution in [-0.4, -0.2) is 10.9 Å². The smallest absolute Gasteiger partial charge is 0.343 e. The lowest BCUT2D eigenvalue weighted by molar-refractivity contribution is 0.0968. The summed E-state index contributed by atoms with van der Waals surface area (Å²) in [6.45, 7) is 0. The number of fused-ring (bicyclic) bond motifs is 1. The molecule has 0 saturated heterocycles. The fourth-order valence-electron chi connectivity index (χ4n) is 4.05. The number of ketones is 1. The van der Waals surface area contributed by atoms with Crippen LogP contribution in [0.25, 0.3) is 0 Å². The Morgan fingerprint density at radius 3 is 2.64 bits per heavy atom. The predicted molar refractivity (Wildman–Crippen MR) is 94.8 cm³/mol. The Kier molecular flexibility index (Phi) is 4.36. The first-order valence-electron chi connectivity index (χ1n) is 9.28. The summed E-state index contributed by atoms with van der Waals surface area (Å²) in [6, 6.07) is 0. The van der Waals surface area contributed by atoms with Crippen molar-refractivity contribution in [2.24, 2.45) is 5.92 Å². The number of carbonyl (C=O) groups excluding carboxylic acids is 1. The molecule has 25 heavy (non-hydrogen) atoms. The van der Waals surface area contributed by atoms with E-state index < -0.39 is 5.63 Å². The van der Waals surface area contributed by atoms with Crippen LogP contribution >= 0.6 is 0 Å². The number of rotatable bonds is 3. The van der Waals surface area contributed by atoms with Crippen LogP contribution in [0.4, 0.5) is 0 Å². The Morgan fingerprint density at radius 1 is 1.12 bits per heavy atom. The van der Waals surface area contributed by atoms with Crippen molar-refractivity contribution in [3.8, 4) is 5.75 Å². The van der Waals surface area contributed by atoms with Crippen LogP contribution in [0.2, 0.25) is 0 Å². The zero-order valence-corrected chi connectivity index (χ0v) is 14.3. The third-order valence-electron chi connectivity index (χ3n) is 5.45. The highest BCUT2D eigenvalue weighted by atomic mass is 16.4. The highest BCUT2D eigenvalue weighted by Gasteiger charge is 2.39. The van der Waals surface area contributed by atoms with Gasteiger partial charge in [0.05, 0.1) is 11.1 Å². The minimum absolute atomic E-state index is 0.105. The average Bonchev–Trinajstić information content (AvgIpc) is 3.41. The van der Waals surface area contributed by atoms with Gasteiger partial charge in [-0.15, -0.1) is 0 Å². The number of hydrogen-bond donors (Lipinski definition) is 1. The molecule has 0 aliphatic heterocycles. The fourth-order valence-corrected chi connectivity index (χ4v) is 4.05. The highest BCUT2D eigenvalue weighted by Crippen LogP contribution is 2.49. The summed E-state index contributed by atoms with van der Waals surface area (Å²) < 4.78 is 5.57. The molecule has 1 radical (unpaired) electrons. The van der Waals surface area contributed by atoms with E-state index >= 15 is 0 Å². The Balaban J connectivity index is 1.86. The third kappa shape index (κ3) is 3.10. The number of allylic oxidation sites excluding steroid dienone is 4. The lowest BCUT2D eigenvalue weighted by Gasteiger charge is -2.22. The second kappa shape index (κ2) is 6.66. The van der Waals surface area contributed by atoms with E-state index in [0.29, 0.717) is 24.5 Å². The maximum absolute atomic E-state index is 12.7. The number of Topliss-reactive ketones (excluding diaryl/α,β-unsaturated/α-hetero) is 1. The average molecular weight is 339 g/mol. The zero-order valence-electron chi connectivity index (χ0n) is 14.3. The minimum Gasteiger partial charge on any atom is -0.506 e. The van der Waals surface area contributed by atoms with Crippen LogP contribution in [0, 0.1) is 12.3 Å². The topological polar surface area (TPSA) is 67.5 Å². The fraction of sp³-hybridized carbons (Fsp3) is 0.476. The van der Waals surface area contributed by atoms with E-state index in [1.54, 1.807) is 0 Å². The molecular formula is C21H23O4. The van der Waals surface area contributed by atoms with Gasteiger partial charge in [-0.3, -0.25) is 4.79 Å². The molecule has 0 bridgehead atoms. The molecule has 1 unspecified atom stereocenters. The highest BCUT2D eigenvalue weighted by molar-refractivity contribution is 5.99. The first kappa shape index (κ1) is 16.4. The van der Waals surface area contributed by atoms with Gasteiger partial charge in [-0.25, -0.2) is 4.79 Å². The van der Waals surface area contributed by atoms with Crippen molar-refractivity contribution in [2.75, 3.05) is 0 Å². The van der Waals surface area contributed by atoms with E-state index in [0.717, 1.165) is 44.1 Å². The van der Waals surface area contributed by atoms with Crippen molar-refractivity contribution in [1.82, 2.24) is 0 Å². The minimum atomic E-state index is -0.485. The summed E-state index contributed by atoms with van der Waals surface area (Å²) >= 11 is 0. The van der Waals surface area contributed by atoms with E-state index in [9.17, 15) is 14.7 Å². The van der Waals surface area contributed by atoms with E-state index in [1.807, 2.05) is 12.2 Å². The number of carbonyl (C=O) groups is 1. The summed E-state index contributed by atoms with van der Waals surface area (Å²) in [7, 11) is 0. The van der Waals surface area contributed by atoms with E-state index in [1.165, 1.54) is 0 Å². The number of aromatic hydroxyl groups is 1. The Labute approximate surface area is 147 Å². The van der Waals surface area contributed by atoms with E-state index in [2.05, 4.69) is 12.5 Å². The van der Waals surface area contributed by atoms with Crippen LogP contribution in [-0.2, 0) is 6.42 Å². The summed E-state index contributed by atoms with van der Waals surface area (Å²) in [5.41, 5.74) is 1.07. The Bertz CT molecular complexity index is 808. The molecule has 3 aliphatic rings. The molecule has 4 rings (SSSR count). The molecular weight excluding hydrogens is 316 g/mol. The second-order valence-electron chi connectivity index (χ2n) is 7.29. The molecule has 1 heterocycles. The predicted octanol–water partition coefficient (Wildman–Crippen LogP) is 4.23. The molecule has 1 N–H and O–H groups in total. The van der Waals surface area contributed by atoms with Crippen molar-refractivity contribution < 1.29 is 14.3 Å². The van der Waals surface area contributed by atoms with Crippen molar-refractivity contribution in [3.05, 3.63) is 57.5 Å². The first-order chi connectivity index (χ1) is 12.2. The van der Waals surface area contributed by atoms with Crippen LogP contribution in [0.1, 0.15) is 72.5 Å². The Morgan fingerprint density at radius 2 is 1.92 bits per heavy atom. The van der Waals surface area contributed by atoms with E-state index in [-0.39, 0.29) is 28.6 Å². The lowest BCUT2D eigenvalue weighted by atomic mass is 9.83. The maximum atomic E-state index is 12.7. The molecule has 1 aromatic heterocycles. The molecule has 4 nitrogen and oxygen atoms in total. The molecule has 0 aromatic carbocycles. The van der Waals surface area contributed by atoms with Crippen LogP contribution in [0.3, 0.4) is 0 Å². The molecule has 1 saturated carbocycles. The van der Waals surface area contributed by atoms with Gasteiger partial charge in [0, 0.05) is 18.8 Å². The summed E-state index contributed by atoms with van der Waals surface area (Å²) in [6.07, 6.45) is 14.7. The first-order valence-corrected chi connectivity index (χ1v) is 9.28. The molecule has 0 amide bonds. The second-order valence-corrected chi connectivity index (χ2v) is 7.29. The van der Waals surface area contributed by atoms with Gasteiger partial charge in [0.15, 0.2) is 5.78 Å². The molecule has 131 valence electrons. The summed E-state index contributed by atoms with van der Waals surface area (Å²) in [4.78, 5) is 25.3. The van der Waals surface area contributed by atoms with Crippen LogP contribution < -0.4 is 5.63 Å². The van der Waals surface area contributed by atoms with Gasteiger partial charge in [-0.1, -0.05) is 24.6 Å². The van der Waals surface area contributed by atoms with Gasteiger partial charge in [-0.05, 0) is 50.0 Å². The SMILES string of the molecule is O=C1CCCCCc2oc(=O)c(C(C3=C[CH]CC=C3)C3CC3)c(O)c21. The molecule has 4 heteroatoms. The molecule has 1 atom stereocenters. The lowest BCUT2D eigenvalue weighted by Crippen LogP contribution is -2.21. The van der Waals surface area contributed by atoms with Crippen LogP contribution in [0.5, 0.6) is 5.75 Å². The van der Waals surface area contributed by atoms with Gasteiger partial charge in [-0.2, -0.15) is 0 Å². The molecule has 0 spiro atoms. The van der Waals surface area contributed by atoms with Crippen molar-refractivity contribution >= 4 is 5.78 Å². The summed E-state index contributed by atoms with van der Waals surface area (Å²) in [5.74, 6) is 0.275. The number of aryl methyl sites for hydroxylation is 1. The van der Waals surface area contributed by atoms with Gasteiger partial charge < -0.3 is 9.52 Å². The summed E-state index contributed by atoms with van der Waals surface area (Å²) in [5, 5.41) is 10.9. The normalized spacial score (nSPS) is 21.9. The standard InChI is InChI=1S/C21H23O4/c22-15-9-5-2-6-10-16-18(15)20(23)19(21(24)25-16)17(14-11-12-14)13-7-3-1-4-8-13/h3-4,7-8,14,17,23H,1-2,5-6,9-12H2. The largest absolute Gasteiger partial charge is 0.506 e. The van der Waals surface area contributed by atoms with Crippen LogP contribution in [0.15, 0.2) is 33.0 Å². The maximum Gasteiger partial charge on any atom is 0.343 e. The van der Waals surface area contributed by atoms with Gasteiger partial charge in [0.1, 0.15) is 11.5 Å². The van der Waals surface area contributed by atoms with Crippen molar-refractivity contribution in [2.45, 2.75) is 57.3 Å². The van der Waals surface area contributed by atoms with E-state index in [4.69, 9.17) is 4.42 Å². The molecule has 1 fully saturated rings.